The molecule has 4 heteroatoms. The van der Waals surface area contributed by atoms with E-state index in [0.717, 1.165) is 12.2 Å². The van der Waals surface area contributed by atoms with E-state index < -0.39 is 0 Å². The average molecular weight is 326 g/mol. The van der Waals surface area contributed by atoms with Gasteiger partial charge in [-0.25, -0.2) is 4.39 Å². The molecule has 0 atom stereocenters. The minimum Gasteiger partial charge on any atom is -0.381 e. The largest absolute Gasteiger partial charge is 0.381 e. The summed E-state index contributed by atoms with van der Waals surface area (Å²) in [7, 11) is 0. The third-order valence-corrected chi connectivity index (χ3v) is 3.93. The molecule has 0 amide bonds. The van der Waals surface area contributed by atoms with E-state index in [1.807, 2.05) is 0 Å². The summed E-state index contributed by atoms with van der Waals surface area (Å²) in [5.41, 5.74) is 2.10. The lowest BCUT2D eigenvalue weighted by molar-refractivity contribution is 0.621. The maximum Gasteiger partial charge on any atom is 0.137 e. The molecule has 0 spiro atoms. The first-order chi connectivity index (χ1) is 8.69. The van der Waals surface area contributed by atoms with E-state index in [-0.39, 0.29) is 5.82 Å². The van der Waals surface area contributed by atoms with Gasteiger partial charge in [-0.05, 0) is 58.1 Å². The van der Waals surface area contributed by atoms with E-state index >= 15 is 0 Å². The summed E-state index contributed by atoms with van der Waals surface area (Å²) in [6.07, 6.45) is 2.06. The molecule has 94 valence electrons. The fourth-order valence-electron chi connectivity index (χ4n) is 1.55. The van der Waals surface area contributed by atoms with Crippen LogP contribution in [0.4, 0.5) is 10.1 Å². The first kappa shape index (κ1) is 13.4. The molecule has 0 aromatic heterocycles. The van der Waals surface area contributed by atoms with E-state index in [1.54, 1.807) is 23.9 Å². The van der Waals surface area contributed by atoms with Gasteiger partial charge in [0.05, 0.1) is 4.47 Å². The minimum atomic E-state index is -0.245. The Morgan fingerprint density at radius 3 is 2.50 bits per heavy atom. The SMILES string of the molecule is CSc1ccc(CNc2ccc(F)c(Br)c2)cc1. The number of halogens is 2. The van der Waals surface area contributed by atoms with Crippen LogP contribution in [0.5, 0.6) is 0 Å². The van der Waals surface area contributed by atoms with Crippen molar-refractivity contribution in [2.75, 3.05) is 11.6 Å². The predicted molar refractivity (Wildman–Crippen MR) is 79.6 cm³/mol. The van der Waals surface area contributed by atoms with Crippen molar-refractivity contribution in [2.24, 2.45) is 0 Å². The van der Waals surface area contributed by atoms with E-state index in [9.17, 15) is 4.39 Å². The van der Waals surface area contributed by atoms with Crippen LogP contribution in [-0.4, -0.2) is 6.26 Å². The van der Waals surface area contributed by atoms with Crippen LogP contribution in [0.1, 0.15) is 5.56 Å². The number of hydrogen-bond donors (Lipinski definition) is 1. The summed E-state index contributed by atoms with van der Waals surface area (Å²) < 4.78 is 13.5. The third kappa shape index (κ3) is 3.50. The van der Waals surface area contributed by atoms with Gasteiger partial charge in [-0.15, -0.1) is 11.8 Å². The molecule has 0 heterocycles. The maximum atomic E-state index is 13.1. The Bertz CT molecular complexity index is 528. The molecule has 0 aliphatic heterocycles. The highest BCUT2D eigenvalue weighted by Crippen LogP contribution is 2.21. The van der Waals surface area contributed by atoms with Crippen LogP contribution in [0.3, 0.4) is 0 Å². The first-order valence-corrected chi connectivity index (χ1v) is 7.52. The number of nitrogens with one attached hydrogen (secondary N) is 1. The van der Waals surface area contributed by atoms with Crippen LogP contribution in [0.2, 0.25) is 0 Å². The van der Waals surface area contributed by atoms with Gasteiger partial charge in [0, 0.05) is 17.1 Å². The van der Waals surface area contributed by atoms with Crippen LogP contribution < -0.4 is 5.32 Å². The van der Waals surface area contributed by atoms with Gasteiger partial charge in [-0.3, -0.25) is 0 Å². The molecular formula is C14H13BrFNS. The van der Waals surface area contributed by atoms with Crippen molar-refractivity contribution in [1.82, 2.24) is 0 Å². The van der Waals surface area contributed by atoms with Gasteiger partial charge in [-0.2, -0.15) is 0 Å². The smallest absolute Gasteiger partial charge is 0.137 e. The molecule has 2 aromatic rings. The second-order valence-corrected chi connectivity index (χ2v) is 5.56. The summed E-state index contributed by atoms with van der Waals surface area (Å²) in [6, 6.07) is 13.3. The van der Waals surface area contributed by atoms with Gasteiger partial charge in [-0.1, -0.05) is 12.1 Å². The molecule has 1 nitrogen and oxygen atoms in total. The van der Waals surface area contributed by atoms with Crippen molar-refractivity contribution in [2.45, 2.75) is 11.4 Å². The summed E-state index contributed by atoms with van der Waals surface area (Å²) in [5.74, 6) is -0.245. The topological polar surface area (TPSA) is 12.0 Å². The molecule has 0 radical (unpaired) electrons. The monoisotopic (exact) mass is 325 g/mol. The van der Waals surface area contributed by atoms with Crippen molar-refractivity contribution < 1.29 is 4.39 Å². The Hall–Kier alpha value is -1.000. The highest BCUT2D eigenvalue weighted by atomic mass is 79.9. The quantitative estimate of drug-likeness (QED) is 0.800. The van der Waals surface area contributed by atoms with E-state index in [1.165, 1.54) is 16.5 Å². The Labute approximate surface area is 119 Å². The Morgan fingerprint density at radius 1 is 1.17 bits per heavy atom. The zero-order chi connectivity index (χ0) is 13.0. The molecule has 0 bridgehead atoms. The van der Waals surface area contributed by atoms with Crippen LogP contribution in [0, 0.1) is 5.82 Å². The van der Waals surface area contributed by atoms with Gasteiger partial charge in [0.15, 0.2) is 0 Å². The Morgan fingerprint density at radius 2 is 1.89 bits per heavy atom. The van der Waals surface area contributed by atoms with Crippen molar-refractivity contribution in [3.63, 3.8) is 0 Å². The average Bonchev–Trinajstić information content (AvgIpc) is 2.41. The molecule has 0 fully saturated rings. The minimum absolute atomic E-state index is 0.245. The summed E-state index contributed by atoms with van der Waals surface area (Å²) in [6.45, 7) is 0.729. The lowest BCUT2D eigenvalue weighted by Crippen LogP contribution is -1.99. The van der Waals surface area contributed by atoms with Gasteiger partial charge in [0.25, 0.3) is 0 Å². The molecule has 2 aromatic carbocycles. The van der Waals surface area contributed by atoms with Crippen molar-refractivity contribution in [3.05, 3.63) is 58.3 Å². The summed E-state index contributed by atoms with van der Waals surface area (Å²) in [5, 5.41) is 3.26. The summed E-state index contributed by atoms with van der Waals surface area (Å²) in [4.78, 5) is 1.25. The van der Waals surface area contributed by atoms with E-state index in [2.05, 4.69) is 51.8 Å². The zero-order valence-electron chi connectivity index (χ0n) is 9.91. The fourth-order valence-corrected chi connectivity index (χ4v) is 2.34. The van der Waals surface area contributed by atoms with Gasteiger partial charge < -0.3 is 5.32 Å². The molecule has 0 unspecified atom stereocenters. The van der Waals surface area contributed by atoms with E-state index in [4.69, 9.17) is 0 Å². The van der Waals surface area contributed by atoms with Gasteiger partial charge in [0.2, 0.25) is 0 Å². The molecule has 1 N–H and O–H groups in total. The molecule has 0 saturated carbocycles. The van der Waals surface area contributed by atoms with Gasteiger partial charge in [0.1, 0.15) is 5.82 Å². The third-order valence-electron chi connectivity index (χ3n) is 2.58. The second-order valence-electron chi connectivity index (χ2n) is 3.83. The van der Waals surface area contributed by atoms with Crippen molar-refractivity contribution in [3.8, 4) is 0 Å². The van der Waals surface area contributed by atoms with Crippen LogP contribution in [0.15, 0.2) is 51.8 Å². The molecular weight excluding hydrogens is 313 g/mol. The highest BCUT2D eigenvalue weighted by Gasteiger charge is 2.00. The number of hydrogen-bond acceptors (Lipinski definition) is 2. The normalized spacial score (nSPS) is 10.4. The van der Waals surface area contributed by atoms with Crippen LogP contribution >= 0.6 is 27.7 Å². The summed E-state index contributed by atoms with van der Waals surface area (Å²) >= 11 is 4.90. The lowest BCUT2D eigenvalue weighted by atomic mass is 10.2. The van der Waals surface area contributed by atoms with E-state index in [0.29, 0.717) is 4.47 Å². The number of rotatable bonds is 4. The maximum absolute atomic E-state index is 13.1. The van der Waals surface area contributed by atoms with Gasteiger partial charge >= 0.3 is 0 Å². The number of anilines is 1. The van der Waals surface area contributed by atoms with Crippen LogP contribution in [0.25, 0.3) is 0 Å². The van der Waals surface area contributed by atoms with Crippen molar-refractivity contribution in [1.29, 1.82) is 0 Å². The van der Waals surface area contributed by atoms with Crippen LogP contribution in [-0.2, 0) is 6.54 Å². The predicted octanol–water partition coefficient (Wildman–Crippen LogP) is 4.92. The number of thioether (sulfide) groups is 1. The Balaban J connectivity index is 1.99. The first-order valence-electron chi connectivity index (χ1n) is 5.51. The standard InChI is InChI=1S/C14H13BrFNS/c1-18-12-5-2-10(3-6-12)9-17-11-4-7-14(16)13(15)8-11/h2-8,17H,9H2,1H3. The molecule has 18 heavy (non-hydrogen) atoms. The highest BCUT2D eigenvalue weighted by molar-refractivity contribution is 9.10. The molecule has 2 rings (SSSR count). The van der Waals surface area contributed by atoms with Crippen molar-refractivity contribution >= 4 is 33.4 Å². The Kier molecular flexibility index (Phi) is 4.66. The zero-order valence-corrected chi connectivity index (χ0v) is 12.3. The molecule has 0 aliphatic rings. The second kappa shape index (κ2) is 6.25. The molecule has 0 aliphatic carbocycles. The molecule has 0 saturated heterocycles. The number of benzene rings is 2. The lowest BCUT2D eigenvalue weighted by Gasteiger charge is -2.08. The fraction of sp³-hybridized carbons (Fsp3) is 0.143.